The van der Waals surface area contributed by atoms with Crippen LogP contribution in [-0.4, -0.2) is 19.9 Å². The van der Waals surface area contributed by atoms with Crippen LogP contribution in [0.2, 0.25) is 0 Å². The molecule has 0 fully saturated rings. The third kappa shape index (κ3) is 4.69. The fraction of sp³-hybridized carbons (Fsp3) is 0. The molecule has 0 radical (unpaired) electrons. The Morgan fingerprint density at radius 2 is 0.800 bits per heavy atom. The monoisotopic (exact) mass is 636 g/mol. The summed E-state index contributed by atoms with van der Waals surface area (Å²) in [5.41, 5.74) is 7.43. The van der Waals surface area contributed by atoms with Gasteiger partial charge in [-0.1, -0.05) is 140 Å². The van der Waals surface area contributed by atoms with E-state index >= 15 is 0 Å². The molecule has 0 bridgehead atoms. The summed E-state index contributed by atoms with van der Waals surface area (Å²) in [6, 6.07) is 55.7. The summed E-state index contributed by atoms with van der Waals surface area (Å²) in [6.07, 6.45) is 3.63. The van der Waals surface area contributed by atoms with E-state index in [4.69, 9.17) is 15.0 Å². The van der Waals surface area contributed by atoms with Crippen LogP contribution in [0.1, 0.15) is 0 Å². The number of nitrogens with zero attached hydrogens (tertiary/aromatic N) is 4. The van der Waals surface area contributed by atoms with E-state index in [9.17, 15) is 0 Å². The standard InChI is InChI=1S/C46H28N4/c1-2-9-38-31(5-1)6-4-10-39(38)32-13-19-37(20-14-32)45-48-44(36-17-11-29(12-18-36)30-25-27-47-28-26-30)49-46(50-45)41-24-22-35-16-15-33-7-3-8-34-21-23-40(41)43(35)42(33)34/h1-28H. The summed E-state index contributed by atoms with van der Waals surface area (Å²) < 4.78 is 0. The van der Waals surface area contributed by atoms with Crippen LogP contribution in [0.15, 0.2) is 170 Å². The summed E-state index contributed by atoms with van der Waals surface area (Å²) >= 11 is 0. The van der Waals surface area contributed by atoms with Gasteiger partial charge in [-0.2, -0.15) is 0 Å². The fourth-order valence-corrected chi connectivity index (χ4v) is 7.32. The zero-order valence-corrected chi connectivity index (χ0v) is 27.0. The summed E-state index contributed by atoms with van der Waals surface area (Å²) in [7, 11) is 0. The Morgan fingerprint density at radius 3 is 1.54 bits per heavy atom. The van der Waals surface area contributed by atoms with Gasteiger partial charge < -0.3 is 0 Å². The van der Waals surface area contributed by atoms with Gasteiger partial charge in [0.05, 0.1) is 0 Å². The maximum absolute atomic E-state index is 5.17. The van der Waals surface area contributed by atoms with Crippen LogP contribution in [-0.2, 0) is 0 Å². The Hall–Kier alpha value is -6.78. The van der Waals surface area contributed by atoms with Crippen LogP contribution in [0.4, 0.5) is 0 Å². The van der Waals surface area contributed by atoms with Crippen molar-refractivity contribution in [3.05, 3.63) is 170 Å². The topological polar surface area (TPSA) is 51.6 Å². The fourth-order valence-electron chi connectivity index (χ4n) is 7.32. The zero-order chi connectivity index (χ0) is 33.0. The van der Waals surface area contributed by atoms with Gasteiger partial charge in [-0.3, -0.25) is 4.98 Å². The second-order valence-corrected chi connectivity index (χ2v) is 12.7. The summed E-state index contributed by atoms with van der Waals surface area (Å²) in [6.45, 7) is 0. The molecule has 50 heavy (non-hydrogen) atoms. The SMILES string of the molecule is c1ccc2c(-c3ccc(-c4nc(-c5ccc(-c6ccncc6)cc5)nc(-c5ccc6ccc7cccc8ccc5c6c78)n4)cc3)cccc2c1. The summed E-state index contributed by atoms with van der Waals surface area (Å²) in [4.78, 5) is 19.6. The normalized spacial score (nSPS) is 11.6. The van der Waals surface area contributed by atoms with E-state index < -0.39 is 0 Å². The minimum Gasteiger partial charge on any atom is -0.265 e. The average molecular weight is 637 g/mol. The highest BCUT2D eigenvalue weighted by atomic mass is 15.0. The van der Waals surface area contributed by atoms with E-state index in [1.165, 1.54) is 43.3 Å². The van der Waals surface area contributed by atoms with Crippen molar-refractivity contribution < 1.29 is 0 Å². The van der Waals surface area contributed by atoms with Gasteiger partial charge in [-0.25, -0.2) is 15.0 Å². The Morgan fingerprint density at radius 1 is 0.280 bits per heavy atom. The van der Waals surface area contributed by atoms with E-state index in [1.54, 1.807) is 0 Å². The first-order chi connectivity index (χ1) is 24.8. The number of fused-ring (bicyclic) bond motifs is 1. The van der Waals surface area contributed by atoms with Gasteiger partial charge in [0.2, 0.25) is 0 Å². The molecule has 0 unspecified atom stereocenters. The van der Waals surface area contributed by atoms with Crippen molar-refractivity contribution in [1.82, 2.24) is 19.9 Å². The Labute approximate surface area is 288 Å². The first kappa shape index (κ1) is 28.3. The second kappa shape index (κ2) is 11.4. The number of hydrogen-bond donors (Lipinski definition) is 0. The lowest BCUT2D eigenvalue weighted by Crippen LogP contribution is -2.01. The van der Waals surface area contributed by atoms with E-state index in [0.29, 0.717) is 17.5 Å². The zero-order valence-electron chi connectivity index (χ0n) is 27.0. The predicted octanol–water partition coefficient (Wildman–Crippen LogP) is 11.7. The third-order valence-electron chi connectivity index (χ3n) is 9.81. The van der Waals surface area contributed by atoms with Crippen molar-refractivity contribution >= 4 is 43.1 Å². The van der Waals surface area contributed by atoms with E-state index in [1.807, 2.05) is 24.5 Å². The van der Waals surface area contributed by atoms with Gasteiger partial charge in [0.15, 0.2) is 17.5 Å². The highest BCUT2D eigenvalue weighted by molar-refractivity contribution is 6.25. The summed E-state index contributed by atoms with van der Waals surface area (Å²) in [5, 5.41) is 9.77. The molecule has 8 aromatic carbocycles. The Kier molecular flexibility index (Phi) is 6.46. The largest absolute Gasteiger partial charge is 0.265 e. The number of pyridine rings is 1. The van der Waals surface area contributed by atoms with Gasteiger partial charge in [0, 0.05) is 29.1 Å². The number of benzene rings is 8. The molecule has 2 heterocycles. The van der Waals surface area contributed by atoms with Crippen LogP contribution < -0.4 is 0 Å². The van der Waals surface area contributed by atoms with Crippen LogP contribution in [0.5, 0.6) is 0 Å². The van der Waals surface area contributed by atoms with Crippen molar-refractivity contribution in [2.45, 2.75) is 0 Å². The number of aromatic nitrogens is 4. The van der Waals surface area contributed by atoms with Gasteiger partial charge in [-0.15, -0.1) is 0 Å². The molecule has 0 aliphatic rings. The molecule has 2 aromatic heterocycles. The van der Waals surface area contributed by atoms with Crippen molar-refractivity contribution in [1.29, 1.82) is 0 Å². The molecule has 4 nitrogen and oxygen atoms in total. The molecule has 4 heteroatoms. The van der Waals surface area contributed by atoms with Crippen LogP contribution in [0, 0.1) is 0 Å². The minimum atomic E-state index is 0.634. The molecule has 0 amide bonds. The van der Waals surface area contributed by atoms with Crippen molar-refractivity contribution in [2.24, 2.45) is 0 Å². The van der Waals surface area contributed by atoms with E-state index in [-0.39, 0.29) is 0 Å². The van der Waals surface area contributed by atoms with Gasteiger partial charge in [0.25, 0.3) is 0 Å². The highest BCUT2D eigenvalue weighted by Gasteiger charge is 2.17. The number of hydrogen-bond acceptors (Lipinski definition) is 4. The smallest absolute Gasteiger partial charge is 0.164 e. The molecule has 232 valence electrons. The second-order valence-electron chi connectivity index (χ2n) is 12.7. The van der Waals surface area contributed by atoms with E-state index in [0.717, 1.165) is 38.8 Å². The molecular formula is C46H28N4. The molecule has 0 aliphatic heterocycles. The summed E-state index contributed by atoms with van der Waals surface area (Å²) in [5.74, 6) is 1.92. The maximum Gasteiger partial charge on any atom is 0.164 e. The molecule has 0 saturated heterocycles. The van der Waals surface area contributed by atoms with Crippen LogP contribution in [0.3, 0.4) is 0 Å². The van der Waals surface area contributed by atoms with Crippen molar-refractivity contribution in [3.63, 3.8) is 0 Å². The van der Waals surface area contributed by atoms with Crippen LogP contribution in [0.25, 0.3) is 99.5 Å². The van der Waals surface area contributed by atoms with Gasteiger partial charge in [0.1, 0.15) is 0 Å². The lowest BCUT2D eigenvalue weighted by Gasteiger charge is -2.14. The quantitative estimate of drug-likeness (QED) is 0.176. The molecule has 0 aliphatic carbocycles. The third-order valence-corrected chi connectivity index (χ3v) is 9.81. The molecule has 0 atom stereocenters. The lowest BCUT2D eigenvalue weighted by atomic mass is 9.92. The van der Waals surface area contributed by atoms with Crippen LogP contribution >= 0.6 is 0 Å². The molecule has 10 rings (SSSR count). The van der Waals surface area contributed by atoms with Crippen molar-refractivity contribution in [3.8, 4) is 56.4 Å². The number of rotatable bonds is 5. The first-order valence-corrected chi connectivity index (χ1v) is 16.8. The minimum absolute atomic E-state index is 0.634. The molecule has 0 spiro atoms. The average Bonchev–Trinajstić information content (AvgIpc) is 3.20. The molecule has 10 aromatic rings. The van der Waals surface area contributed by atoms with Gasteiger partial charge in [-0.05, 0) is 83.5 Å². The molecule has 0 saturated carbocycles. The Balaban J connectivity index is 1.14. The predicted molar refractivity (Wildman–Crippen MR) is 206 cm³/mol. The first-order valence-electron chi connectivity index (χ1n) is 16.8. The molecule has 0 N–H and O–H groups in total. The maximum atomic E-state index is 5.17. The lowest BCUT2D eigenvalue weighted by molar-refractivity contribution is 1.08. The van der Waals surface area contributed by atoms with E-state index in [2.05, 4.69) is 151 Å². The Bertz CT molecular complexity index is 2820. The van der Waals surface area contributed by atoms with Gasteiger partial charge >= 0.3 is 0 Å². The van der Waals surface area contributed by atoms with Crippen molar-refractivity contribution in [2.75, 3.05) is 0 Å². The highest BCUT2D eigenvalue weighted by Crippen LogP contribution is 2.39. The molecular weight excluding hydrogens is 609 g/mol.